The highest BCUT2D eigenvalue weighted by Gasteiger charge is 2.36. The Hall–Kier alpha value is -2.02. The van der Waals surface area contributed by atoms with Crippen molar-refractivity contribution in [2.24, 2.45) is 5.73 Å². The van der Waals surface area contributed by atoms with E-state index in [-0.39, 0.29) is 16.0 Å². The first-order valence-corrected chi connectivity index (χ1v) is 6.12. The fraction of sp³-hybridized carbons (Fsp3) is 0.100. The monoisotopic (exact) mass is 254 g/mol. The van der Waals surface area contributed by atoms with Crippen LogP contribution in [0.25, 0.3) is 5.57 Å². The Bertz CT molecular complexity index is 633. The minimum absolute atomic E-state index is 0.0471. The van der Waals surface area contributed by atoms with Gasteiger partial charge in [-0.25, -0.2) is 12.7 Å². The second-order valence-electron chi connectivity index (χ2n) is 3.53. The van der Waals surface area contributed by atoms with Crippen LogP contribution in [-0.2, 0) is 14.8 Å². The number of aliphatic hydroxyl groups excluding tert-OH is 1. The summed E-state index contributed by atoms with van der Waals surface area (Å²) in [6.07, 6.45) is 0. The maximum absolute atomic E-state index is 12.0. The molecule has 0 radical (unpaired) electrons. The number of carbonyl (C=O) groups excluding carboxylic acids is 1. The molecule has 0 bridgehead atoms. The Morgan fingerprint density at radius 2 is 1.94 bits per heavy atom. The normalized spacial score (nSPS) is 17.8. The van der Waals surface area contributed by atoms with E-state index in [1.807, 2.05) is 0 Å². The van der Waals surface area contributed by atoms with Gasteiger partial charge >= 0.3 is 0 Å². The highest BCUT2D eigenvalue weighted by atomic mass is 32.2. The lowest BCUT2D eigenvalue weighted by Gasteiger charge is -2.26. The lowest BCUT2D eigenvalue weighted by atomic mass is 10.1. The molecule has 1 aromatic carbocycles. The average Bonchev–Trinajstić information content (AvgIpc) is 2.26. The second kappa shape index (κ2) is 3.49. The zero-order chi connectivity index (χ0) is 12.8. The molecular formula is C10H10N2O4S. The smallest absolute Gasteiger partial charge is 0.266 e. The summed E-state index contributed by atoms with van der Waals surface area (Å²) < 4.78 is 24.6. The Balaban J connectivity index is 2.89. The third kappa shape index (κ3) is 1.47. The minimum Gasteiger partial charge on any atom is -0.493 e. The Labute approximate surface area is 98.0 Å². The minimum atomic E-state index is -3.82. The zero-order valence-electron chi connectivity index (χ0n) is 8.91. The van der Waals surface area contributed by atoms with Crippen molar-refractivity contribution in [3.63, 3.8) is 0 Å². The number of primary amides is 1. The predicted octanol–water partition coefficient (Wildman–Crippen LogP) is 0.0326. The van der Waals surface area contributed by atoms with Crippen molar-refractivity contribution in [2.75, 3.05) is 7.05 Å². The number of carbonyl (C=O) groups is 1. The standard InChI is InChI=1S/C10H10N2O4S/c1-12-10(14)8(9(11)13)6-4-2-3-5-7(6)17(12,15)16/h2-5,14H,1H3,(H2,11,13). The van der Waals surface area contributed by atoms with E-state index in [1.165, 1.54) is 18.2 Å². The Morgan fingerprint density at radius 3 is 2.53 bits per heavy atom. The highest BCUT2D eigenvalue weighted by Crippen LogP contribution is 2.34. The average molecular weight is 254 g/mol. The van der Waals surface area contributed by atoms with Crippen molar-refractivity contribution in [3.05, 3.63) is 35.7 Å². The van der Waals surface area contributed by atoms with Crippen LogP contribution >= 0.6 is 0 Å². The molecule has 0 unspecified atom stereocenters. The van der Waals surface area contributed by atoms with Crippen LogP contribution in [0.2, 0.25) is 0 Å². The maximum Gasteiger partial charge on any atom is 0.266 e. The Kier molecular flexibility index (Phi) is 2.35. The van der Waals surface area contributed by atoms with Gasteiger partial charge in [0.15, 0.2) is 0 Å². The van der Waals surface area contributed by atoms with Gasteiger partial charge in [0.2, 0.25) is 5.88 Å². The molecule has 0 fully saturated rings. The molecule has 0 aromatic heterocycles. The molecule has 0 spiro atoms. The van der Waals surface area contributed by atoms with E-state index < -0.39 is 21.8 Å². The molecule has 90 valence electrons. The van der Waals surface area contributed by atoms with Crippen molar-refractivity contribution in [1.82, 2.24) is 4.31 Å². The van der Waals surface area contributed by atoms with Crippen molar-refractivity contribution in [3.8, 4) is 0 Å². The fourth-order valence-corrected chi connectivity index (χ4v) is 2.99. The topological polar surface area (TPSA) is 101 Å². The lowest BCUT2D eigenvalue weighted by Crippen LogP contribution is -2.34. The van der Waals surface area contributed by atoms with Crippen molar-refractivity contribution < 1.29 is 18.3 Å². The number of nitrogens with two attached hydrogens (primary N) is 1. The first-order chi connectivity index (χ1) is 7.87. The van der Waals surface area contributed by atoms with E-state index >= 15 is 0 Å². The fourth-order valence-electron chi connectivity index (χ4n) is 1.68. The van der Waals surface area contributed by atoms with Crippen LogP contribution in [0.5, 0.6) is 0 Å². The Morgan fingerprint density at radius 1 is 1.35 bits per heavy atom. The number of rotatable bonds is 1. The summed E-state index contributed by atoms with van der Waals surface area (Å²) in [5.41, 5.74) is 5.07. The quantitative estimate of drug-likeness (QED) is 0.738. The predicted molar refractivity (Wildman–Crippen MR) is 60.1 cm³/mol. The first kappa shape index (κ1) is 11.5. The summed E-state index contributed by atoms with van der Waals surface area (Å²) in [5, 5.41) is 9.72. The molecule has 0 aliphatic carbocycles. The number of hydrogen-bond acceptors (Lipinski definition) is 4. The van der Waals surface area contributed by atoms with Crippen molar-refractivity contribution in [1.29, 1.82) is 0 Å². The van der Waals surface area contributed by atoms with Crippen LogP contribution < -0.4 is 5.73 Å². The van der Waals surface area contributed by atoms with Gasteiger partial charge in [-0.1, -0.05) is 18.2 Å². The number of hydrogen-bond donors (Lipinski definition) is 2. The first-order valence-electron chi connectivity index (χ1n) is 4.68. The number of nitrogens with zero attached hydrogens (tertiary/aromatic N) is 1. The number of benzene rings is 1. The van der Waals surface area contributed by atoms with Gasteiger partial charge < -0.3 is 10.8 Å². The molecule has 3 N–H and O–H groups in total. The summed E-state index contributed by atoms with van der Waals surface area (Å²) in [4.78, 5) is 11.2. The molecule has 1 heterocycles. The van der Waals surface area contributed by atoms with Gasteiger partial charge in [-0.05, 0) is 6.07 Å². The second-order valence-corrected chi connectivity index (χ2v) is 5.47. The van der Waals surface area contributed by atoms with E-state index in [4.69, 9.17) is 5.73 Å². The molecule has 17 heavy (non-hydrogen) atoms. The van der Waals surface area contributed by atoms with E-state index in [0.717, 1.165) is 7.05 Å². The van der Waals surface area contributed by atoms with Crippen LogP contribution in [-0.4, -0.2) is 30.8 Å². The van der Waals surface area contributed by atoms with Crippen LogP contribution in [0.15, 0.2) is 35.0 Å². The molecule has 0 atom stereocenters. The van der Waals surface area contributed by atoms with Crippen molar-refractivity contribution >= 4 is 21.5 Å². The van der Waals surface area contributed by atoms with Crippen LogP contribution in [0.3, 0.4) is 0 Å². The molecule has 1 amide bonds. The molecular weight excluding hydrogens is 244 g/mol. The van der Waals surface area contributed by atoms with Gasteiger partial charge in [-0.2, -0.15) is 0 Å². The molecule has 7 heteroatoms. The molecule has 1 aliphatic rings. The maximum atomic E-state index is 12.0. The number of fused-ring (bicyclic) bond motifs is 1. The van der Waals surface area contributed by atoms with Gasteiger partial charge in [0.1, 0.15) is 5.57 Å². The summed E-state index contributed by atoms with van der Waals surface area (Å²) in [6, 6.07) is 5.88. The summed E-state index contributed by atoms with van der Waals surface area (Å²) in [6.45, 7) is 0. The summed E-state index contributed by atoms with van der Waals surface area (Å²) in [5.74, 6) is -1.53. The van der Waals surface area contributed by atoms with Crippen LogP contribution in [0, 0.1) is 0 Å². The highest BCUT2D eigenvalue weighted by molar-refractivity contribution is 7.89. The molecule has 1 aromatic rings. The van der Waals surface area contributed by atoms with Crippen molar-refractivity contribution in [2.45, 2.75) is 4.90 Å². The summed E-state index contributed by atoms with van der Waals surface area (Å²) in [7, 11) is -2.66. The van der Waals surface area contributed by atoms with Gasteiger partial charge in [0, 0.05) is 12.6 Å². The third-order valence-electron chi connectivity index (χ3n) is 2.56. The van der Waals surface area contributed by atoms with E-state index in [9.17, 15) is 18.3 Å². The largest absolute Gasteiger partial charge is 0.493 e. The number of amides is 1. The zero-order valence-corrected chi connectivity index (χ0v) is 9.73. The molecule has 0 saturated carbocycles. The number of sulfonamides is 1. The number of aliphatic hydroxyl groups is 1. The molecule has 6 nitrogen and oxygen atoms in total. The van der Waals surface area contributed by atoms with E-state index in [1.54, 1.807) is 6.07 Å². The van der Waals surface area contributed by atoms with Gasteiger partial charge in [0.25, 0.3) is 15.9 Å². The van der Waals surface area contributed by atoms with Gasteiger partial charge in [-0.15, -0.1) is 0 Å². The SMILES string of the molecule is CN1C(O)=C(C(N)=O)c2ccccc2S1(=O)=O. The molecule has 1 aliphatic heterocycles. The van der Waals surface area contributed by atoms with Gasteiger partial charge in [-0.3, -0.25) is 4.79 Å². The van der Waals surface area contributed by atoms with E-state index in [2.05, 4.69) is 0 Å². The van der Waals surface area contributed by atoms with Gasteiger partial charge in [0.05, 0.1) is 4.90 Å². The molecule has 0 saturated heterocycles. The molecule has 2 rings (SSSR count). The van der Waals surface area contributed by atoms with Crippen LogP contribution in [0.4, 0.5) is 0 Å². The third-order valence-corrected chi connectivity index (χ3v) is 4.37. The summed E-state index contributed by atoms with van der Waals surface area (Å²) >= 11 is 0. The van der Waals surface area contributed by atoms with Crippen LogP contribution in [0.1, 0.15) is 5.56 Å². The lowest BCUT2D eigenvalue weighted by molar-refractivity contribution is -0.112. The van der Waals surface area contributed by atoms with E-state index in [0.29, 0.717) is 4.31 Å².